The van der Waals surface area contributed by atoms with Crippen LogP contribution in [0.2, 0.25) is 0 Å². The van der Waals surface area contributed by atoms with Gasteiger partial charge in [0.15, 0.2) is 5.58 Å². The Bertz CT molecular complexity index is 976. The molecule has 22 heavy (non-hydrogen) atoms. The third-order valence-corrected chi connectivity index (χ3v) is 4.15. The van der Waals surface area contributed by atoms with Gasteiger partial charge in [0.2, 0.25) is 0 Å². The summed E-state index contributed by atoms with van der Waals surface area (Å²) in [6, 6.07) is 13.6. The monoisotopic (exact) mass is 289 g/mol. The lowest BCUT2D eigenvalue weighted by Crippen LogP contribution is -2.07. The quantitative estimate of drug-likeness (QED) is 0.629. The van der Waals surface area contributed by atoms with Crippen LogP contribution in [-0.2, 0) is 0 Å². The van der Waals surface area contributed by atoms with Gasteiger partial charge in [0, 0.05) is 5.39 Å². The maximum atomic E-state index is 12.4. The number of fused-ring (bicyclic) bond motifs is 1. The first-order valence-electron chi connectivity index (χ1n) is 7.07. The first-order valence-corrected chi connectivity index (χ1v) is 7.07. The maximum absolute atomic E-state index is 12.4. The van der Waals surface area contributed by atoms with Gasteiger partial charge in [0.05, 0.1) is 11.1 Å². The summed E-state index contributed by atoms with van der Waals surface area (Å²) in [5.74, 6) is 0. The van der Waals surface area contributed by atoms with Gasteiger partial charge < -0.3 is 4.42 Å². The Balaban J connectivity index is 2.48. The minimum Gasteiger partial charge on any atom is -0.421 e. The Morgan fingerprint density at radius 2 is 1.73 bits per heavy atom. The van der Waals surface area contributed by atoms with E-state index in [4.69, 9.17) is 4.42 Å². The molecule has 0 fully saturated rings. The van der Waals surface area contributed by atoms with Crippen LogP contribution in [0.15, 0.2) is 45.6 Å². The predicted molar refractivity (Wildman–Crippen MR) is 86.8 cm³/mol. The molecule has 0 spiro atoms. The van der Waals surface area contributed by atoms with Gasteiger partial charge >= 0.3 is 5.63 Å². The predicted octanol–water partition coefficient (Wildman–Crippen LogP) is 4.26. The molecule has 3 rings (SSSR count). The van der Waals surface area contributed by atoms with E-state index in [-0.39, 0.29) is 0 Å². The lowest BCUT2D eigenvalue weighted by Gasteiger charge is -2.11. The normalized spacial score (nSPS) is 10.6. The lowest BCUT2D eigenvalue weighted by atomic mass is 9.94. The van der Waals surface area contributed by atoms with E-state index in [9.17, 15) is 10.1 Å². The topological polar surface area (TPSA) is 54.0 Å². The molecule has 0 aliphatic rings. The van der Waals surface area contributed by atoms with Gasteiger partial charge in [-0.1, -0.05) is 30.3 Å². The van der Waals surface area contributed by atoms with Crippen LogP contribution in [0.25, 0.3) is 22.1 Å². The Labute approximate surface area is 128 Å². The van der Waals surface area contributed by atoms with Crippen LogP contribution < -0.4 is 5.63 Å². The number of nitriles is 1. The highest BCUT2D eigenvalue weighted by Crippen LogP contribution is 2.31. The number of nitrogens with zero attached hydrogens (tertiary/aromatic N) is 1. The van der Waals surface area contributed by atoms with E-state index in [0.717, 1.165) is 27.6 Å². The van der Waals surface area contributed by atoms with Crippen molar-refractivity contribution in [2.75, 3.05) is 0 Å². The van der Waals surface area contributed by atoms with Crippen LogP contribution in [-0.4, -0.2) is 0 Å². The van der Waals surface area contributed by atoms with Crippen molar-refractivity contribution in [1.82, 2.24) is 0 Å². The molecule has 0 aliphatic carbocycles. The van der Waals surface area contributed by atoms with E-state index in [1.54, 1.807) is 0 Å². The molecule has 3 nitrogen and oxygen atoms in total. The number of hydrogen-bond donors (Lipinski definition) is 0. The van der Waals surface area contributed by atoms with Gasteiger partial charge in [-0.25, -0.2) is 4.79 Å². The van der Waals surface area contributed by atoms with Crippen LogP contribution in [0, 0.1) is 32.1 Å². The number of hydrogen-bond acceptors (Lipinski definition) is 3. The Morgan fingerprint density at radius 3 is 2.36 bits per heavy atom. The minimum absolute atomic E-state index is 0.382. The van der Waals surface area contributed by atoms with Crippen molar-refractivity contribution in [1.29, 1.82) is 5.26 Å². The maximum Gasteiger partial charge on any atom is 0.344 e. The van der Waals surface area contributed by atoms with Crippen molar-refractivity contribution >= 4 is 11.0 Å². The second-order valence-electron chi connectivity index (χ2n) is 5.44. The van der Waals surface area contributed by atoms with Crippen molar-refractivity contribution in [2.24, 2.45) is 0 Å². The molecule has 2 aromatic carbocycles. The molecule has 108 valence electrons. The van der Waals surface area contributed by atoms with Gasteiger partial charge in [-0.05, 0) is 49.1 Å². The summed E-state index contributed by atoms with van der Waals surface area (Å²) >= 11 is 0. The number of aryl methyl sites for hydroxylation is 2. The van der Waals surface area contributed by atoms with Gasteiger partial charge in [-0.3, -0.25) is 0 Å². The first-order chi connectivity index (χ1) is 10.5. The average Bonchev–Trinajstić information content (AvgIpc) is 2.51. The molecule has 0 unspecified atom stereocenters. The number of rotatable bonds is 1. The summed E-state index contributed by atoms with van der Waals surface area (Å²) in [5.41, 5.74) is 4.51. The molecule has 0 saturated heterocycles. The van der Waals surface area contributed by atoms with Crippen LogP contribution >= 0.6 is 0 Å². The summed E-state index contributed by atoms with van der Waals surface area (Å²) in [4.78, 5) is 12.4. The molecule has 0 atom stereocenters. The molecular weight excluding hydrogens is 274 g/mol. The Kier molecular flexibility index (Phi) is 3.30. The number of benzene rings is 2. The Hall–Kier alpha value is -2.86. The van der Waals surface area contributed by atoms with E-state index in [2.05, 4.69) is 6.07 Å². The highest BCUT2D eigenvalue weighted by Gasteiger charge is 2.17. The van der Waals surface area contributed by atoms with Crippen molar-refractivity contribution in [2.45, 2.75) is 20.8 Å². The molecule has 3 heteroatoms. The molecule has 1 heterocycles. The van der Waals surface area contributed by atoms with Crippen LogP contribution in [0.1, 0.15) is 22.3 Å². The van der Waals surface area contributed by atoms with E-state index < -0.39 is 5.63 Å². The average molecular weight is 289 g/mol. The smallest absolute Gasteiger partial charge is 0.344 e. The van der Waals surface area contributed by atoms with E-state index in [1.165, 1.54) is 0 Å². The summed E-state index contributed by atoms with van der Waals surface area (Å²) in [6.07, 6.45) is 0. The molecule has 0 amide bonds. The van der Waals surface area contributed by atoms with Crippen LogP contribution in [0.3, 0.4) is 0 Å². The molecular formula is C19H15NO2. The lowest BCUT2D eigenvalue weighted by molar-refractivity contribution is 0.561. The SMILES string of the molecule is Cc1cc2c(C)c(-c3ccccc3)c(=O)oc2c(C#N)c1C. The van der Waals surface area contributed by atoms with Crippen molar-refractivity contribution in [3.05, 3.63) is 69.1 Å². The van der Waals surface area contributed by atoms with Gasteiger partial charge in [0.1, 0.15) is 6.07 Å². The largest absolute Gasteiger partial charge is 0.421 e. The summed E-state index contributed by atoms with van der Waals surface area (Å²) in [7, 11) is 0. The zero-order valence-electron chi connectivity index (χ0n) is 12.7. The molecule has 1 aromatic heterocycles. The van der Waals surface area contributed by atoms with Crippen molar-refractivity contribution < 1.29 is 4.42 Å². The highest BCUT2D eigenvalue weighted by molar-refractivity contribution is 5.91. The Morgan fingerprint density at radius 1 is 1.05 bits per heavy atom. The summed E-state index contributed by atoms with van der Waals surface area (Å²) in [5, 5.41) is 10.2. The van der Waals surface area contributed by atoms with Crippen molar-refractivity contribution in [3.63, 3.8) is 0 Å². The van der Waals surface area contributed by atoms with Crippen LogP contribution in [0.4, 0.5) is 0 Å². The third-order valence-electron chi connectivity index (χ3n) is 4.15. The first kappa shape index (κ1) is 14.1. The standard InChI is InChI=1S/C19H15NO2/c1-11-9-15-13(3)17(14-7-5-4-6-8-14)19(21)22-18(15)16(10-20)12(11)2/h4-9H,1-3H3. The van der Waals surface area contributed by atoms with E-state index >= 15 is 0 Å². The summed E-state index contributed by atoms with van der Waals surface area (Å²) in [6.45, 7) is 5.73. The van der Waals surface area contributed by atoms with E-state index in [0.29, 0.717) is 16.7 Å². The molecule has 0 aliphatic heterocycles. The van der Waals surface area contributed by atoms with Gasteiger partial charge in [-0.15, -0.1) is 0 Å². The molecule has 0 radical (unpaired) electrons. The van der Waals surface area contributed by atoms with Crippen LogP contribution in [0.5, 0.6) is 0 Å². The minimum atomic E-state index is -0.407. The molecule has 0 N–H and O–H groups in total. The third kappa shape index (κ3) is 2.01. The summed E-state index contributed by atoms with van der Waals surface area (Å²) < 4.78 is 5.51. The zero-order valence-corrected chi connectivity index (χ0v) is 12.7. The van der Waals surface area contributed by atoms with E-state index in [1.807, 2.05) is 57.2 Å². The zero-order chi connectivity index (χ0) is 15.9. The second-order valence-corrected chi connectivity index (χ2v) is 5.44. The molecule has 0 bridgehead atoms. The second kappa shape index (κ2) is 5.16. The molecule has 0 saturated carbocycles. The van der Waals surface area contributed by atoms with Gasteiger partial charge in [0.25, 0.3) is 0 Å². The van der Waals surface area contributed by atoms with Gasteiger partial charge in [-0.2, -0.15) is 5.26 Å². The fourth-order valence-corrected chi connectivity index (χ4v) is 2.78. The highest BCUT2D eigenvalue weighted by atomic mass is 16.4. The fraction of sp³-hybridized carbons (Fsp3) is 0.158. The van der Waals surface area contributed by atoms with Crippen molar-refractivity contribution in [3.8, 4) is 17.2 Å². The fourth-order valence-electron chi connectivity index (χ4n) is 2.78. The molecule has 3 aromatic rings.